The van der Waals surface area contributed by atoms with Crippen molar-refractivity contribution < 1.29 is 4.57 Å². The van der Waals surface area contributed by atoms with Crippen LogP contribution in [0, 0.1) is 12.3 Å². The fourth-order valence-electron chi connectivity index (χ4n) is 3.21. The van der Waals surface area contributed by atoms with E-state index in [1.165, 1.54) is 22.4 Å². The Hall–Kier alpha value is -1.41. The summed E-state index contributed by atoms with van der Waals surface area (Å²) in [5.74, 6) is 0. The van der Waals surface area contributed by atoms with E-state index in [4.69, 9.17) is 0 Å². The van der Waals surface area contributed by atoms with E-state index in [2.05, 4.69) is 95.5 Å². The highest BCUT2D eigenvalue weighted by Crippen LogP contribution is 2.25. The maximum atomic E-state index is 2.45. The first-order valence-corrected chi connectivity index (χ1v) is 12.1. The molecule has 0 unspecified atom stereocenters. The molecule has 2 aromatic rings. The predicted molar refractivity (Wildman–Crippen MR) is 104 cm³/mol. The van der Waals surface area contributed by atoms with Crippen molar-refractivity contribution in [1.82, 2.24) is 0 Å². The average molecular weight is 327 g/mol. The molecule has 0 aliphatic carbocycles. The van der Waals surface area contributed by atoms with Crippen LogP contribution in [0.1, 0.15) is 31.9 Å². The van der Waals surface area contributed by atoms with Gasteiger partial charge in [-0.05, 0) is 36.0 Å². The molecule has 124 valence electrons. The van der Waals surface area contributed by atoms with E-state index in [0.717, 1.165) is 6.42 Å². The van der Waals surface area contributed by atoms with Crippen LogP contribution in [0.2, 0.25) is 19.6 Å². The lowest BCUT2D eigenvalue weighted by Crippen LogP contribution is -2.47. The zero-order valence-corrected chi connectivity index (χ0v) is 17.1. The third kappa shape index (κ3) is 4.32. The van der Waals surface area contributed by atoms with Gasteiger partial charge in [0.1, 0.15) is 7.05 Å². The largest absolute Gasteiger partial charge is 0.212 e. The Morgan fingerprint density at radius 3 is 2.17 bits per heavy atom. The van der Waals surface area contributed by atoms with Gasteiger partial charge >= 0.3 is 0 Å². The van der Waals surface area contributed by atoms with Crippen molar-refractivity contribution in [3.05, 3.63) is 47.7 Å². The Balaban J connectivity index is 2.68. The number of nitrogens with zero attached hydrogens (tertiary/aromatic N) is 1. The maximum absolute atomic E-state index is 2.45. The Labute approximate surface area is 143 Å². The third-order valence-electron chi connectivity index (χ3n) is 4.31. The number of hydrogen-bond acceptors (Lipinski definition) is 0. The molecule has 23 heavy (non-hydrogen) atoms. The van der Waals surface area contributed by atoms with Crippen LogP contribution < -0.4 is 9.75 Å². The van der Waals surface area contributed by atoms with Crippen molar-refractivity contribution in [2.24, 2.45) is 12.5 Å². The molecule has 0 saturated carbocycles. The summed E-state index contributed by atoms with van der Waals surface area (Å²) >= 11 is 0. The molecule has 0 saturated heterocycles. The van der Waals surface area contributed by atoms with Crippen LogP contribution in [0.3, 0.4) is 0 Å². The number of hydrogen-bond donors (Lipinski definition) is 0. The second-order valence-corrected chi connectivity index (χ2v) is 14.0. The quantitative estimate of drug-likeness (QED) is 0.572. The molecule has 0 amide bonds. The molecule has 2 rings (SSSR count). The summed E-state index contributed by atoms with van der Waals surface area (Å²) in [6, 6.07) is 11.1. The number of benzene rings is 1. The van der Waals surface area contributed by atoms with Gasteiger partial charge in [-0.1, -0.05) is 58.6 Å². The first kappa shape index (κ1) is 17.9. The second kappa shape index (κ2) is 6.24. The van der Waals surface area contributed by atoms with Crippen molar-refractivity contribution in [2.75, 3.05) is 0 Å². The van der Waals surface area contributed by atoms with Gasteiger partial charge in [0.2, 0.25) is 5.69 Å². The molecule has 2 heteroatoms. The SMILES string of the molecule is Cc1ccccc1-c1cc(CC(C)(C)C)c([Si](C)(C)C)c[n+]1C. The van der Waals surface area contributed by atoms with Crippen molar-refractivity contribution in [3.8, 4) is 11.3 Å². The zero-order valence-electron chi connectivity index (χ0n) is 16.1. The van der Waals surface area contributed by atoms with E-state index in [9.17, 15) is 0 Å². The lowest BCUT2D eigenvalue weighted by Gasteiger charge is -2.25. The fraction of sp³-hybridized carbons (Fsp3) is 0.476. The molecular weight excluding hydrogens is 294 g/mol. The Kier molecular flexibility index (Phi) is 4.86. The van der Waals surface area contributed by atoms with E-state index < -0.39 is 8.07 Å². The first-order chi connectivity index (χ1) is 10.5. The molecule has 0 spiro atoms. The van der Waals surface area contributed by atoms with E-state index in [1.54, 1.807) is 5.19 Å². The summed E-state index contributed by atoms with van der Waals surface area (Å²) in [6.07, 6.45) is 3.53. The van der Waals surface area contributed by atoms with Crippen molar-refractivity contribution in [2.45, 2.75) is 53.8 Å². The van der Waals surface area contributed by atoms with Crippen molar-refractivity contribution in [1.29, 1.82) is 0 Å². The van der Waals surface area contributed by atoms with Gasteiger partial charge < -0.3 is 0 Å². The number of rotatable bonds is 3. The van der Waals surface area contributed by atoms with Crippen LogP contribution in [-0.2, 0) is 13.5 Å². The molecule has 1 heterocycles. The Morgan fingerprint density at radius 1 is 1.04 bits per heavy atom. The van der Waals surface area contributed by atoms with Crippen LogP contribution in [0.4, 0.5) is 0 Å². The molecule has 1 aromatic heterocycles. The molecule has 0 radical (unpaired) electrons. The molecular formula is C21H32NSi+. The van der Waals surface area contributed by atoms with Crippen molar-refractivity contribution >= 4 is 13.3 Å². The highest BCUT2D eigenvalue weighted by Gasteiger charge is 2.28. The smallest absolute Gasteiger partial charge is 0.201 e. The number of aromatic nitrogens is 1. The second-order valence-electron chi connectivity index (χ2n) is 9.01. The van der Waals surface area contributed by atoms with Gasteiger partial charge in [0.25, 0.3) is 0 Å². The lowest BCUT2D eigenvalue weighted by atomic mass is 9.87. The minimum Gasteiger partial charge on any atom is -0.201 e. The van der Waals surface area contributed by atoms with Gasteiger partial charge in [-0.2, -0.15) is 0 Å². The van der Waals surface area contributed by atoms with E-state index in [0.29, 0.717) is 5.41 Å². The predicted octanol–water partition coefficient (Wildman–Crippen LogP) is 4.62. The number of aryl methyl sites for hydroxylation is 2. The fourth-order valence-corrected chi connectivity index (χ4v) is 4.92. The minimum absolute atomic E-state index is 0.303. The van der Waals surface area contributed by atoms with Crippen LogP contribution in [0.25, 0.3) is 11.3 Å². The molecule has 0 bridgehead atoms. The summed E-state index contributed by atoms with van der Waals surface area (Å²) in [5.41, 5.74) is 5.84. The molecule has 0 N–H and O–H groups in total. The van der Waals surface area contributed by atoms with Gasteiger partial charge in [-0.25, -0.2) is 4.57 Å². The van der Waals surface area contributed by atoms with Crippen LogP contribution >= 0.6 is 0 Å². The van der Waals surface area contributed by atoms with Crippen molar-refractivity contribution in [3.63, 3.8) is 0 Å². The summed E-state index contributed by atoms with van der Waals surface area (Å²) in [4.78, 5) is 0. The molecule has 0 fully saturated rings. The van der Waals surface area contributed by atoms with Crippen LogP contribution in [-0.4, -0.2) is 8.07 Å². The summed E-state index contributed by atoms with van der Waals surface area (Å²) < 4.78 is 2.32. The van der Waals surface area contributed by atoms with E-state index in [1.807, 2.05) is 0 Å². The highest BCUT2D eigenvalue weighted by molar-refractivity contribution is 6.88. The van der Waals surface area contributed by atoms with Gasteiger partial charge in [-0.3, -0.25) is 0 Å². The molecule has 0 atom stereocenters. The Bertz CT molecular complexity index is 703. The highest BCUT2D eigenvalue weighted by atomic mass is 28.3. The van der Waals surface area contributed by atoms with Crippen LogP contribution in [0.5, 0.6) is 0 Å². The summed E-state index contributed by atoms with van der Waals surface area (Å²) in [7, 11) is 0.819. The van der Waals surface area contributed by atoms with Gasteiger partial charge in [0.05, 0.1) is 8.07 Å². The van der Waals surface area contributed by atoms with E-state index >= 15 is 0 Å². The standard InChI is InChI=1S/C21H32NSi/c1-16-11-9-10-12-18(16)19-13-17(14-21(2,3)4)20(15-22(19)5)23(6,7)8/h9-13,15H,14H2,1-8H3/q+1. The number of pyridine rings is 1. The van der Waals surface area contributed by atoms with Gasteiger partial charge in [0.15, 0.2) is 6.20 Å². The topological polar surface area (TPSA) is 3.88 Å². The summed E-state index contributed by atoms with van der Waals surface area (Å²) in [6.45, 7) is 16.5. The zero-order chi connectivity index (χ0) is 17.4. The third-order valence-corrected chi connectivity index (χ3v) is 6.38. The molecule has 1 aromatic carbocycles. The maximum Gasteiger partial charge on any atom is 0.212 e. The molecule has 0 aliphatic rings. The Morgan fingerprint density at radius 2 is 1.65 bits per heavy atom. The average Bonchev–Trinajstić information content (AvgIpc) is 2.38. The van der Waals surface area contributed by atoms with Crippen LogP contribution in [0.15, 0.2) is 36.5 Å². The lowest BCUT2D eigenvalue weighted by molar-refractivity contribution is -0.659. The first-order valence-electron chi connectivity index (χ1n) is 8.58. The normalized spacial score (nSPS) is 12.5. The minimum atomic E-state index is -1.37. The van der Waals surface area contributed by atoms with Gasteiger partial charge in [0, 0.05) is 16.8 Å². The van der Waals surface area contributed by atoms with Gasteiger partial charge in [-0.15, -0.1) is 0 Å². The molecule has 0 aliphatic heterocycles. The summed E-state index contributed by atoms with van der Waals surface area (Å²) in [5, 5.41) is 1.59. The molecule has 1 nitrogen and oxygen atoms in total. The monoisotopic (exact) mass is 326 g/mol. The van der Waals surface area contributed by atoms with E-state index in [-0.39, 0.29) is 0 Å².